The van der Waals surface area contributed by atoms with E-state index in [4.69, 9.17) is 0 Å². The molecule has 0 aromatic rings. The Hall–Kier alpha value is -0.660. The monoisotopic (exact) mass is 916 g/mol. The molecule has 1 spiro atoms. The van der Waals surface area contributed by atoms with Crippen LogP contribution < -0.4 is 10.6 Å². The van der Waals surface area contributed by atoms with Crippen LogP contribution >= 0.6 is 0 Å². The van der Waals surface area contributed by atoms with E-state index in [9.17, 15) is 8.78 Å². The number of likely N-dealkylation sites (tertiary alicyclic amines) is 4. The molecule has 0 unspecified atom stereocenters. The number of nitrogens with one attached hydrogen (secondary N) is 2. The number of alkyl halides is 2. The fourth-order valence-electron chi connectivity index (χ4n) is 8.98. The van der Waals surface area contributed by atoms with Crippen molar-refractivity contribution < 1.29 is 8.78 Å². The first-order valence-electron chi connectivity index (χ1n) is 25.7. The summed E-state index contributed by atoms with van der Waals surface area (Å²) in [6, 6.07) is 0.830. The maximum atomic E-state index is 12.4. The molecular formula is C49H107F2N13. The van der Waals surface area contributed by atoms with Crippen molar-refractivity contribution in [2.24, 2.45) is 5.41 Å². The molecule has 8 aliphatic rings. The highest BCUT2D eigenvalue weighted by Gasteiger charge is 2.36. The largest absolute Gasteiger partial charge is 0.315 e. The summed E-state index contributed by atoms with van der Waals surface area (Å²) >= 11 is 0. The Kier molecular flexibility index (Phi) is 31.4. The third-order valence-electron chi connectivity index (χ3n) is 14.8. The molecule has 0 amide bonds. The fraction of sp³-hybridized carbons (Fsp3) is 1.00. The van der Waals surface area contributed by atoms with Crippen molar-refractivity contribution >= 4 is 0 Å². The maximum Gasteiger partial charge on any atom is 0.250 e. The van der Waals surface area contributed by atoms with Crippen molar-refractivity contribution in [2.75, 3.05) is 242 Å². The second-order valence-electron chi connectivity index (χ2n) is 21.3. The van der Waals surface area contributed by atoms with Gasteiger partial charge in [0.1, 0.15) is 0 Å². The van der Waals surface area contributed by atoms with Gasteiger partial charge in [0.25, 0.3) is 5.92 Å². The third kappa shape index (κ3) is 29.3. The normalized spacial score (nSPS) is 26.9. The molecule has 0 aromatic heterocycles. The van der Waals surface area contributed by atoms with Crippen LogP contribution in [0, 0.1) is 5.41 Å². The van der Waals surface area contributed by atoms with E-state index in [1.54, 1.807) is 0 Å². The highest BCUT2D eigenvalue weighted by Crippen LogP contribution is 2.40. The molecule has 0 saturated carbocycles. The lowest BCUT2D eigenvalue weighted by Crippen LogP contribution is -2.44. The second kappa shape index (κ2) is 33.8. The van der Waals surface area contributed by atoms with Crippen LogP contribution in [0.3, 0.4) is 0 Å². The number of hydrogen-bond donors (Lipinski definition) is 2. The minimum Gasteiger partial charge on any atom is -0.315 e. The number of hydrogen-bond acceptors (Lipinski definition) is 13. The van der Waals surface area contributed by atoms with Gasteiger partial charge in [-0.15, -0.1) is 0 Å². The van der Waals surface area contributed by atoms with Crippen molar-refractivity contribution in [3.63, 3.8) is 0 Å². The molecule has 64 heavy (non-hydrogen) atoms. The Bertz CT molecular complexity index is 1030. The van der Waals surface area contributed by atoms with Gasteiger partial charge in [0.15, 0.2) is 0 Å². The van der Waals surface area contributed by atoms with Gasteiger partial charge in [0, 0.05) is 111 Å². The summed E-state index contributed by atoms with van der Waals surface area (Å²) in [5, 5.41) is 6.61. The van der Waals surface area contributed by atoms with Crippen LogP contribution in [0.25, 0.3) is 0 Å². The Morgan fingerprint density at radius 2 is 0.625 bits per heavy atom. The summed E-state index contributed by atoms with van der Waals surface area (Å²) in [5.74, 6) is -2.38. The van der Waals surface area contributed by atoms with Crippen molar-refractivity contribution in [3.05, 3.63) is 0 Å². The summed E-state index contributed by atoms with van der Waals surface area (Å²) in [5.41, 5.74) is 0.735. The van der Waals surface area contributed by atoms with Crippen molar-refractivity contribution in [3.8, 4) is 0 Å². The minimum atomic E-state index is -2.38. The first kappa shape index (κ1) is 59.5. The number of likely N-dealkylation sites (N-methyl/N-ethyl adjacent to an activating group) is 6. The second-order valence-corrected chi connectivity index (χ2v) is 21.3. The molecule has 8 fully saturated rings. The van der Waals surface area contributed by atoms with Crippen molar-refractivity contribution in [1.29, 1.82) is 0 Å². The van der Waals surface area contributed by atoms with E-state index < -0.39 is 5.92 Å². The van der Waals surface area contributed by atoms with Crippen LogP contribution in [0.2, 0.25) is 0 Å². The molecular weight excluding hydrogens is 809 g/mol. The summed E-state index contributed by atoms with van der Waals surface area (Å²) < 4.78 is 24.7. The van der Waals surface area contributed by atoms with E-state index in [-0.39, 0.29) is 12.8 Å². The van der Waals surface area contributed by atoms with Gasteiger partial charge < -0.3 is 64.5 Å². The molecule has 13 nitrogen and oxygen atoms in total. The predicted octanol–water partition coefficient (Wildman–Crippen LogP) is 2.96. The van der Waals surface area contributed by atoms with Crippen molar-refractivity contribution in [1.82, 2.24) is 64.5 Å². The van der Waals surface area contributed by atoms with Gasteiger partial charge >= 0.3 is 0 Å². The summed E-state index contributed by atoms with van der Waals surface area (Å²) in [6.07, 6.45) is 11.1. The summed E-state index contributed by atoms with van der Waals surface area (Å²) in [4.78, 5) is 25.8. The molecule has 0 aliphatic carbocycles. The van der Waals surface area contributed by atoms with Gasteiger partial charge in [-0.3, -0.25) is 0 Å². The number of piperazine rings is 2. The third-order valence-corrected chi connectivity index (χ3v) is 14.8. The number of halogens is 2. The minimum absolute atomic E-state index is 0.0312. The molecule has 0 radical (unpaired) electrons. The van der Waals surface area contributed by atoms with E-state index >= 15 is 0 Å². The van der Waals surface area contributed by atoms with Gasteiger partial charge in [0.2, 0.25) is 0 Å². The van der Waals surface area contributed by atoms with Crippen LogP contribution in [0.5, 0.6) is 0 Å². The zero-order valence-electron chi connectivity index (χ0n) is 44.3. The first-order chi connectivity index (χ1) is 30.4. The zero-order chi connectivity index (χ0) is 47.4. The van der Waals surface area contributed by atoms with Crippen LogP contribution in [-0.2, 0) is 0 Å². The molecule has 0 atom stereocenters. The molecule has 2 N–H and O–H groups in total. The summed E-state index contributed by atoms with van der Waals surface area (Å²) in [7, 11) is 26.0. The van der Waals surface area contributed by atoms with Gasteiger partial charge in [-0.2, -0.15) is 0 Å². The standard InChI is InChI=1S/C11H22N2.C8H18N2.C7H16N2.C6H11F2N.2C6H14N2.C5H12N2/c1-12-7-3-11(4-8-12)5-9-13(2)10-6-11;1-9(2)8-4-6-10(3)7-5-8;1-8-4-3-5-9(2)7-6-8;1-9-4-2-6(7,8)3-5-9;1-7-3-5-8(2)6-4-7;1-8-5-2-3-7-4-6-8;1-7-4-2-6-3-5-7/h3-10H2,1-2H3;8H,4-7H2,1-3H3;3-7H2,1-2H3;2-5H2,1H3;3-6H2,1-2H3;7H,2-6H2,1H3;6H,2-5H2,1H3. The Morgan fingerprint density at radius 3 is 0.984 bits per heavy atom. The Labute approximate surface area is 395 Å². The van der Waals surface area contributed by atoms with Gasteiger partial charge in [-0.25, -0.2) is 8.78 Å². The van der Waals surface area contributed by atoms with E-state index in [0.29, 0.717) is 13.1 Å². The average molecular weight is 916 g/mol. The smallest absolute Gasteiger partial charge is 0.250 e. The molecule has 382 valence electrons. The lowest BCUT2D eigenvalue weighted by molar-refractivity contribution is -0.0504. The Morgan fingerprint density at radius 1 is 0.344 bits per heavy atom. The first-order valence-corrected chi connectivity index (χ1v) is 25.7. The highest BCUT2D eigenvalue weighted by molar-refractivity contribution is 4.89. The van der Waals surface area contributed by atoms with Crippen LogP contribution in [0.15, 0.2) is 0 Å². The molecule has 8 rings (SSSR count). The predicted molar refractivity (Wildman–Crippen MR) is 272 cm³/mol. The number of rotatable bonds is 1. The zero-order valence-corrected chi connectivity index (χ0v) is 44.3. The van der Waals surface area contributed by atoms with E-state index in [2.05, 4.69) is 137 Å². The SMILES string of the molecule is CN1CCC(F)(F)CC1.CN1CCC(N(C)C)CC1.CN1CCC2(CC1)CCN(C)CC2.CN1CCCN(C)CC1.CN1CCCNCC1.CN1CCN(C)CC1.CN1CCNCC1. The topological polar surface area (TPSA) is 59.7 Å². The molecule has 0 bridgehead atoms. The highest BCUT2D eigenvalue weighted by atomic mass is 19.3. The van der Waals surface area contributed by atoms with Crippen molar-refractivity contribution in [2.45, 2.75) is 76.2 Å². The van der Waals surface area contributed by atoms with Crippen LogP contribution in [-0.4, -0.2) is 308 Å². The van der Waals surface area contributed by atoms with Crippen LogP contribution in [0.1, 0.15) is 64.2 Å². The van der Waals surface area contributed by atoms with Gasteiger partial charge in [0.05, 0.1) is 0 Å². The van der Waals surface area contributed by atoms with E-state index in [1.807, 2.05) is 11.9 Å². The van der Waals surface area contributed by atoms with E-state index in [1.165, 1.54) is 176 Å². The van der Waals surface area contributed by atoms with Crippen LogP contribution in [0.4, 0.5) is 8.78 Å². The summed E-state index contributed by atoms with van der Waals surface area (Å²) in [6.45, 7) is 28.4. The van der Waals surface area contributed by atoms with Gasteiger partial charge in [-0.05, 0) is 207 Å². The van der Waals surface area contributed by atoms with E-state index in [0.717, 1.165) is 31.1 Å². The lowest BCUT2D eigenvalue weighted by atomic mass is 9.71. The molecule has 8 saturated heterocycles. The quantitative estimate of drug-likeness (QED) is 0.407. The van der Waals surface area contributed by atoms with Gasteiger partial charge in [-0.1, -0.05) is 0 Å². The lowest BCUT2D eigenvalue weighted by Gasteiger charge is -2.45. The number of piperidine rings is 4. The molecule has 0 aromatic carbocycles. The molecule has 8 aliphatic heterocycles. The molecule has 15 heteroatoms. The Balaban J connectivity index is 0.000000259. The molecule has 8 heterocycles. The average Bonchev–Trinajstić information content (AvgIpc) is 3.64. The maximum absolute atomic E-state index is 12.4. The number of nitrogens with zero attached hydrogens (tertiary/aromatic N) is 11. The fourth-order valence-corrected chi connectivity index (χ4v) is 8.98.